The third-order valence-electron chi connectivity index (χ3n) is 4.67. The molecule has 0 aliphatic heterocycles. The van der Waals surface area contributed by atoms with E-state index in [9.17, 15) is 9.90 Å². The van der Waals surface area contributed by atoms with Gasteiger partial charge in [-0.3, -0.25) is 0 Å². The number of carbonyl (C=O) groups is 1. The average molecular weight is 387 g/mol. The number of benzene rings is 3. The second-order valence-electron chi connectivity index (χ2n) is 6.67. The van der Waals surface area contributed by atoms with Crippen molar-refractivity contribution >= 4 is 16.9 Å². The second kappa shape index (κ2) is 8.52. The van der Waals surface area contributed by atoms with E-state index in [1.165, 1.54) is 0 Å². The molecule has 5 heteroatoms. The smallest absolute Gasteiger partial charge is 0.352 e. The monoisotopic (exact) mass is 387 g/mol. The van der Waals surface area contributed by atoms with E-state index >= 15 is 0 Å². The number of aromatic nitrogens is 1. The summed E-state index contributed by atoms with van der Waals surface area (Å²) in [5, 5.41) is 10.4. The van der Waals surface area contributed by atoms with Gasteiger partial charge in [0, 0.05) is 10.9 Å². The van der Waals surface area contributed by atoms with E-state index in [2.05, 4.69) is 4.98 Å². The van der Waals surface area contributed by atoms with Crippen LogP contribution < -0.4 is 9.47 Å². The number of aromatic carboxylic acids is 1. The van der Waals surface area contributed by atoms with E-state index in [1.54, 1.807) is 0 Å². The SMILES string of the molecule is O=C(O)c1[nH]c2ccccc2c1CCCOc1ccc(Oc2ccccc2)cc1. The molecule has 0 bridgehead atoms. The number of hydrogen-bond donors (Lipinski definition) is 2. The number of para-hydroxylation sites is 2. The van der Waals surface area contributed by atoms with E-state index in [0.29, 0.717) is 19.4 Å². The lowest BCUT2D eigenvalue weighted by atomic mass is 10.1. The Morgan fingerprint density at radius 1 is 0.828 bits per heavy atom. The van der Waals surface area contributed by atoms with E-state index < -0.39 is 5.97 Å². The molecule has 0 unspecified atom stereocenters. The first kappa shape index (κ1) is 18.6. The van der Waals surface area contributed by atoms with Crippen LogP contribution in [-0.2, 0) is 6.42 Å². The van der Waals surface area contributed by atoms with Crippen molar-refractivity contribution in [1.82, 2.24) is 4.98 Å². The number of ether oxygens (including phenoxy) is 2. The van der Waals surface area contributed by atoms with Gasteiger partial charge in [0.2, 0.25) is 0 Å². The molecule has 0 radical (unpaired) electrons. The molecule has 1 heterocycles. The van der Waals surface area contributed by atoms with Crippen molar-refractivity contribution in [2.24, 2.45) is 0 Å². The lowest BCUT2D eigenvalue weighted by Crippen LogP contribution is -2.04. The Bertz CT molecular complexity index is 1100. The third kappa shape index (κ3) is 4.41. The zero-order chi connectivity index (χ0) is 20.1. The van der Waals surface area contributed by atoms with E-state index in [0.717, 1.165) is 33.7 Å². The molecule has 1 aromatic heterocycles. The number of carboxylic acid groups (broad SMARTS) is 1. The van der Waals surface area contributed by atoms with Gasteiger partial charge in [0.15, 0.2) is 0 Å². The Kier molecular flexibility index (Phi) is 5.47. The number of carboxylic acids is 1. The quantitative estimate of drug-likeness (QED) is 0.382. The van der Waals surface area contributed by atoms with Crippen LogP contribution in [0.2, 0.25) is 0 Å². The minimum absolute atomic E-state index is 0.258. The number of hydrogen-bond acceptors (Lipinski definition) is 3. The molecule has 5 nitrogen and oxygen atoms in total. The summed E-state index contributed by atoms with van der Waals surface area (Å²) in [7, 11) is 0. The van der Waals surface area contributed by atoms with Gasteiger partial charge < -0.3 is 19.6 Å². The molecular weight excluding hydrogens is 366 g/mol. The molecule has 0 aliphatic rings. The van der Waals surface area contributed by atoms with Crippen LogP contribution in [0.4, 0.5) is 0 Å². The molecule has 4 aromatic rings. The summed E-state index contributed by atoms with van der Waals surface area (Å²) < 4.78 is 11.6. The van der Waals surface area contributed by atoms with Gasteiger partial charge in [0.1, 0.15) is 22.9 Å². The summed E-state index contributed by atoms with van der Waals surface area (Å²) >= 11 is 0. The predicted molar refractivity (Wildman–Crippen MR) is 112 cm³/mol. The van der Waals surface area contributed by atoms with Crippen molar-refractivity contribution in [3.8, 4) is 17.2 Å². The summed E-state index contributed by atoms with van der Waals surface area (Å²) in [6.45, 7) is 0.497. The fourth-order valence-corrected chi connectivity index (χ4v) is 3.31. The van der Waals surface area contributed by atoms with Crippen LogP contribution >= 0.6 is 0 Å². The fourth-order valence-electron chi connectivity index (χ4n) is 3.31. The molecule has 29 heavy (non-hydrogen) atoms. The highest BCUT2D eigenvalue weighted by Gasteiger charge is 2.16. The first-order chi connectivity index (χ1) is 14.2. The molecule has 0 amide bonds. The summed E-state index contributed by atoms with van der Waals surface area (Å²) in [6, 6.07) is 24.7. The van der Waals surface area contributed by atoms with Crippen LogP contribution in [0.3, 0.4) is 0 Å². The highest BCUT2D eigenvalue weighted by atomic mass is 16.5. The molecule has 0 spiro atoms. The number of nitrogens with one attached hydrogen (secondary N) is 1. The Morgan fingerprint density at radius 2 is 1.48 bits per heavy atom. The van der Waals surface area contributed by atoms with Crippen molar-refractivity contribution in [1.29, 1.82) is 0 Å². The first-order valence-electron chi connectivity index (χ1n) is 9.49. The molecule has 146 valence electrons. The minimum Gasteiger partial charge on any atom is -0.494 e. The number of H-pyrrole nitrogens is 1. The molecule has 4 rings (SSSR count). The van der Waals surface area contributed by atoms with Crippen LogP contribution in [-0.4, -0.2) is 22.7 Å². The van der Waals surface area contributed by atoms with Crippen LogP contribution in [0.25, 0.3) is 10.9 Å². The van der Waals surface area contributed by atoms with Crippen molar-refractivity contribution in [3.05, 3.63) is 90.1 Å². The van der Waals surface area contributed by atoms with Crippen LogP contribution in [0, 0.1) is 0 Å². The van der Waals surface area contributed by atoms with E-state index in [-0.39, 0.29) is 5.69 Å². The molecule has 0 fully saturated rings. The minimum atomic E-state index is -0.939. The Hall–Kier alpha value is -3.73. The van der Waals surface area contributed by atoms with Crippen molar-refractivity contribution in [3.63, 3.8) is 0 Å². The van der Waals surface area contributed by atoms with Crippen LogP contribution in [0.5, 0.6) is 17.2 Å². The van der Waals surface area contributed by atoms with Gasteiger partial charge in [-0.05, 0) is 60.9 Å². The number of rotatable bonds is 8. The standard InChI is InChI=1S/C24H21NO4/c26-24(27)23-21(20-9-4-5-11-22(20)25-23)10-6-16-28-17-12-14-19(15-13-17)29-18-7-2-1-3-8-18/h1-5,7-9,11-15,25H,6,10,16H2,(H,26,27). The van der Waals surface area contributed by atoms with E-state index in [1.807, 2.05) is 78.9 Å². The van der Waals surface area contributed by atoms with Gasteiger partial charge in [-0.2, -0.15) is 0 Å². The third-order valence-corrected chi connectivity index (χ3v) is 4.67. The van der Waals surface area contributed by atoms with Gasteiger partial charge in [-0.15, -0.1) is 0 Å². The van der Waals surface area contributed by atoms with Crippen LogP contribution in [0.15, 0.2) is 78.9 Å². The summed E-state index contributed by atoms with van der Waals surface area (Å²) in [5.74, 6) is 1.34. The highest BCUT2D eigenvalue weighted by Crippen LogP contribution is 2.25. The molecule has 0 aliphatic carbocycles. The number of aryl methyl sites for hydroxylation is 1. The number of fused-ring (bicyclic) bond motifs is 1. The molecule has 0 saturated heterocycles. The first-order valence-corrected chi connectivity index (χ1v) is 9.49. The van der Waals surface area contributed by atoms with Gasteiger partial charge in [0.25, 0.3) is 0 Å². The normalized spacial score (nSPS) is 10.8. The largest absolute Gasteiger partial charge is 0.494 e. The molecular formula is C24H21NO4. The summed E-state index contributed by atoms with van der Waals surface area (Å²) in [5.41, 5.74) is 1.92. The number of aromatic amines is 1. The Labute approximate surface area is 168 Å². The molecule has 3 aromatic carbocycles. The Balaban J connectivity index is 1.33. The Morgan fingerprint density at radius 3 is 2.24 bits per heavy atom. The maximum atomic E-state index is 11.5. The van der Waals surface area contributed by atoms with Crippen LogP contribution in [0.1, 0.15) is 22.5 Å². The van der Waals surface area contributed by atoms with Gasteiger partial charge in [0.05, 0.1) is 6.61 Å². The summed E-state index contributed by atoms with van der Waals surface area (Å²) in [4.78, 5) is 14.5. The van der Waals surface area contributed by atoms with Gasteiger partial charge in [-0.25, -0.2) is 4.79 Å². The molecule has 0 atom stereocenters. The predicted octanol–water partition coefficient (Wildman–Crippen LogP) is 5.67. The lowest BCUT2D eigenvalue weighted by Gasteiger charge is -2.09. The maximum absolute atomic E-state index is 11.5. The zero-order valence-electron chi connectivity index (χ0n) is 15.8. The zero-order valence-corrected chi connectivity index (χ0v) is 15.8. The highest BCUT2D eigenvalue weighted by molar-refractivity contribution is 5.97. The van der Waals surface area contributed by atoms with Crippen molar-refractivity contribution in [2.75, 3.05) is 6.61 Å². The average Bonchev–Trinajstić information content (AvgIpc) is 3.12. The molecule has 2 N–H and O–H groups in total. The topological polar surface area (TPSA) is 71.5 Å². The molecule has 0 saturated carbocycles. The van der Waals surface area contributed by atoms with Crippen molar-refractivity contribution in [2.45, 2.75) is 12.8 Å². The van der Waals surface area contributed by atoms with Gasteiger partial charge >= 0.3 is 5.97 Å². The maximum Gasteiger partial charge on any atom is 0.352 e. The lowest BCUT2D eigenvalue weighted by molar-refractivity contribution is 0.0690. The van der Waals surface area contributed by atoms with E-state index in [4.69, 9.17) is 9.47 Å². The van der Waals surface area contributed by atoms with Gasteiger partial charge in [-0.1, -0.05) is 36.4 Å². The fraction of sp³-hybridized carbons (Fsp3) is 0.125. The summed E-state index contributed by atoms with van der Waals surface area (Å²) in [6.07, 6.45) is 1.34. The van der Waals surface area contributed by atoms with Crippen molar-refractivity contribution < 1.29 is 19.4 Å². The second-order valence-corrected chi connectivity index (χ2v) is 6.67.